The number of piperidine rings is 1. The lowest BCUT2D eigenvalue weighted by Crippen LogP contribution is -2.83. The van der Waals surface area contributed by atoms with Gasteiger partial charge >= 0.3 is 6.16 Å². The van der Waals surface area contributed by atoms with E-state index in [1.165, 1.54) is 24.0 Å². The number of aliphatic hydroxyl groups is 3. The van der Waals surface area contributed by atoms with Crippen LogP contribution in [-0.2, 0) is 21.3 Å². The van der Waals surface area contributed by atoms with Crippen molar-refractivity contribution in [2.45, 2.75) is 114 Å². The number of methoxy groups -OCH3 is 1. The first-order valence-corrected chi connectivity index (χ1v) is 16.3. The molecule has 1 aromatic carbocycles. The second-order valence-electron chi connectivity index (χ2n) is 15.6. The van der Waals surface area contributed by atoms with E-state index in [-0.39, 0.29) is 41.3 Å². The Kier molecular flexibility index (Phi) is 6.78. The monoisotopic (exact) mass is 599 g/mol. The molecule has 0 aromatic heterocycles. The number of ether oxygens (including phenoxy) is 4. The van der Waals surface area contributed by atoms with Gasteiger partial charge in [-0.05, 0) is 81.4 Å². The summed E-state index contributed by atoms with van der Waals surface area (Å²) in [6, 6.07) is 4.29. The van der Waals surface area contributed by atoms with Crippen LogP contribution in [0.3, 0.4) is 0 Å². The Morgan fingerprint density at radius 2 is 1.95 bits per heavy atom. The molecule has 2 spiro atoms. The zero-order chi connectivity index (χ0) is 30.6. The molecule has 1 saturated heterocycles. The molecule has 43 heavy (non-hydrogen) atoms. The van der Waals surface area contributed by atoms with Gasteiger partial charge in [0.05, 0.1) is 24.9 Å². The average molecular weight is 600 g/mol. The SMILES string of the molecule is CO[C@@]12CC[C@@]3(C[C@@H]1[C@](C)(O)C(C)(C)C)[C@H]1Cc4ccc(OC(=O)OCCC(O)CO)c5c4C3(CCN1CC1CC1)[C@H]2O5. The smallest absolute Gasteiger partial charge is 0.482 e. The van der Waals surface area contributed by atoms with Crippen molar-refractivity contribution in [3.05, 3.63) is 23.3 Å². The maximum atomic E-state index is 12.8. The minimum absolute atomic E-state index is 0.0633. The summed E-state index contributed by atoms with van der Waals surface area (Å²) >= 11 is 0. The standard InChI is InChI=1S/C34H49NO8/c1-30(2,3)31(4,39)24-17-32-11-12-34(24,40-5)28-33(32)13-14-35(18-20-6-7-20)25(32)16-21-8-9-23(27(43-28)26(21)33)42-29(38)41-15-10-22(37)19-36/h8-9,20,22,24-25,28,36-37,39H,6-7,10-19H2,1-5H3/t22?,24-,25-,28-,31+,32-,33?,34+/m1/s1. The van der Waals surface area contributed by atoms with Gasteiger partial charge in [-0.2, -0.15) is 0 Å². The topological polar surface area (TPSA) is 118 Å². The summed E-state index contributed by atoms with van der Waals surface area (Å²) in [7, 11) is 1.78. The van der Waals surface area contributed by atoms with E-state index in [1.54, 1.807) is 7.11 Å². The number of fused-ring (bicyclic) bond motifs is 2. The minimum Gasteiger partial charge on any atom is -0.482 e. The lowest BCUT2D eigenvalue weighted by molar-refractivity contribution is -0.312. The van der Waals surface area contributed by atoms with Gasteiger partial charge in [-0.1, -0.05) is 26.8 Å². The van der Waals surface area contributed by atoms with E-state index in [0.29, 0.717) is 17.5 Å². The van der Waals surface area contributed by atoms with Crippen molar-refractivity contribution in [2.75, 3.05) is 33.4 Å². The second kappa shape index (κ2) is 9.79. The molecular formula is C34H49NO8. The number of likely N-dealkylation sites (tertiary alicyclic amines) is 1. The predicted molar refractivity (Wildman–Crippen MR) is 158 cm³/mol. The third kappa shape index (κ3) is 3.97. The molecule has 0 amide bonds. The Balaban J connectivity index is 1.33. The molecule has 9 heteroatoms. The van der Waals surface area contributed by atoms with Crippen molar-refractivity contribution in [1.29, 1.82) is 0 Å². The normalized spacial score (nSPS) is 37.7. The van der Waals surface area contributed by atoms with Crippen molar-refractivity contribution in [3.8, 4) is 11.5 Å². The van der Waals surface area contributed by atoms with E-state index in [0.717, 1.165) is 51.1 Å². The second-order valence-corrected chi connectivity index (χ2v) is 15.6. The Morgan fingerprint density at radius 3 is 2.63 bits per heavy atom. The van der Waals surface area contributed by atoms with Crippen LogP contribution in [0, 0.1) is 22.7 Å². The van der Waals surface area contributed by atoms with E-state index >= 15 is 0 Å². The van der Waals surface area contributed by atoms with Gasteiger partial charge < -0.3 is 34.3 Å². The molecule has 9 nitrogen and oxygen atoms in total. The number of carbonyl (C=O) groups excluding carboxylic acids is 1. The van der Waals surface area contributed by atoms with E-state index in [9.17, 15) is 15.0 Å². The summed E-state index contributed by atoms with van der Waals surface area (Å²) in [5, 5.41) is 31.1. The Labute approximate surface area is 254 Å². The quantitative estimate of drug-likeness (QED) is 0.286. The highest BCUT2D eigenvalue weighted by Gasteiger charge is 2.82. The largest absolute Gasteiger partial charge is 0.513 e. The van der Waals surface area contributed by atoms with Gasteiger partial charge in [-0.25, -0.2) is 4.79 Å². The first-order chi connectivity index (χ1) is 20.3. The number of hydrogen-bond acceptors (Lipinski definition) is 9. The van der Waals surface area contributed by atoms with Crippen molar-refractivity contribution in [3.63, 3.8) is 0 Å². The zero-order valence-corrected chi connectivity index (χ0v) is 26.4. The van der Waals surface area contributed by atoms with E-state index in [2.05, 4.69) is 31.7 Å². The molecular weight excluding hydrogens is 550 g/mol. The van der Waals surface area contributed by atoms with Gasteiger partial charge in [0.25, 0.3) is 0 Å². The Morgan fingerprint density at radius 1 is 1.19 bits per heavy atom. The lowest BCUT2D eigenvalue weighted by atomic mass is 9.33. The Hall–Kier alpha value is -1.91. The Bertz CT molecular complexity index is 1290. The molecule has 3 N–H and O–H groups in total. The number of nitrogens with zero attached hydrogens (tertiary/aromatic N) is 1. The first kappa shape index (κ1) is 29.8. The van der Waals surface area contributed by atoms with Crippen LogP contribution in [0.1, 0.15) is 83.8 Å². The molecule has 0 radical (unpaired) electrons. The van der Waals surface area contributed by atoms with Gasteiger partial charge in [0.15, 0.2) is 11.5 Å². The maximum absolute atomic E-state index is 12.8. The molecule has 2 aliphatic heterocycles. The summed E-state index contributed by atoms with van der Waals surface area (Å²) in [6.45, 7) is 10.0. The van der Waals surface area contributed by atoms with E-state index in [1.807, 2.05) is 13.0 Å². The van der Waals surface area contributed by atoms with Crippen LogP contribution in [0.15, 0.2) is 12.1 Å². The molecule has 5 fully saturated rings. The first-order valence-electron chi connectivity index (χ1n) is 16.3. The highest BCUT2D eigenvalue weighted by atomic mass is 16.7. The van der Waals surface area contributed by atoms with E-state index < -0.39 is 30.1 Å². The number of hydrogen-bond donors (Lipinski definition) is 3. The van der Waals surface area contributed by atoms with Crippen LogP contribution in [0.4, 0.5) is 4.79 Å². The fourth-order valence-corrected chi connectivity index (χ4v) is 10.1. The van der Waals surface area contributed by atoms with Crippen LogP contribution in [0.2, 0.25) is 0 Å². The van der Waals surface area contributed by atoms with Crippen molar-refractivity contribution in [2.24, 2.45) is 22.7 Å². The predicted octanol–water partition coefficient (Wildman–Crippen LogP) is 3.97. The van der Waals surface area contributed by atoms with Gasteiger partial charge in [0.1, 0.15) is 11.7 Å². The summed E-state index contributed by atoms with van der Waals surface area (Å²) in [4.78, 5) is 15.5. The molecule has 8 rings (SSSR count). The number of carbonyl (C=O) groups is 1. The molecule has 7 aliphatic rings. The molecule has 1 aromatic rings. The summed E-state index contributed by atoms with van der Waals surface area (Å²) in [6.07, 6.45) is 5.20. The van der Waals surface area contributed by atoms with Crippen LogP contribution in [0.25, 0.3) is 0 Å². The van der Waals surface area contributed by atoms with Crippen LogP contribution >= 0.6 is 0 Å². The summed E-state index contributed by atoms with van der Waals surface area (Å²) in [5.74, 6) is 1.61. The van der Waals surface area contributed by atoms with Crippen LogP contribution < -0.4 is 9.47 Å². The average Bonchev–Trinajstić information content (AvgIpc) is 3.71. The number of benzene rings is 1. The molecule has 8 atom stereocenters. The maximum Gasteiger partial charge on any atom is 0.513 e. The summed E-state index contributed by atoms with van der Waals surface area (Å²) < 4.78 is 24.8. The summed E-state index contributed by atoms with van der Waals surface area (Å²) in [5.41, 5.74) is -0.0344. The molecule has 2 unspecified atom stereocenters. The molecule has 5 aliphatic carbocycles. The van der Waals surface area contributed by atoms with Crippen molar-refractivity contribution >= 4 is 6.16 Å². The van der Waals surface area contributed by atoms with Crippen LogP contribution in [-0.4, -0.2) is 89.2 Å². The minimum atomic E-state index is -1.01. The molecule has 4 bridgehead atoms. The van der Waals surface area contributed by atoms with Crippen LogP contribution in [0.5, 0.6) is 11.5 Å². The molecule has 2 heterocycles. The zero-order valence-electron chi connectivity index (χ0n) is 26.4. The fraction of sp³-hybridized carbons (Fsp3) is 0.794. The number of aliphatic hydroxyl groups excluding tert-OH is 2. The van der Waals surface area contributed by atoms with Gasteiger partial charge in [0, 0.05) is 48.4 Å². The van der Waals surface area contributed by atoms with Gasteiger partial charge in [0.2, 0.25) is 0 Å². The lowest BCUT2D eigenvalue weighted by Gasteiger charge is -2.75. The van der Waals surface area contributed by atoms with Gasteiger partial charge in [-0.15, -0.1) is 0 Å². The molecule has 4 saturated carbocycles. The third-order valence-corrected chi connectivity index (χ3v) is 12.9. The van der Waals surface area contributed by atoms with E-state index in [4.69, 9.17) is 24.1 Å². The third-order valence-electron chi connectivity index (χ3n) is 12.9. The van der Waals surface area contributed by atoms with Crippen molar-refractivity contribution in [1.82, 2.24) is 4.90 Å². The van der Waals surface area contributed by atoms with Crippen molar-refractivity contribution < 1.29 is 39.1 Å². The highest BCUT2D eigenvalue weighted by Crippen LogP contribution is 2.78. The number of rotatable bonds is 9. The highest BCUT2D eigenvalue weighted by molar-refractivity contribution is 5.70. The molecule has 238 valence electrons. The fourth-order valence-electron chi connectivity index (χ4n) is 10.1. The van der Waals surface area contributed by atoms with Gasteiger partial charge in [-0.3, -0.25) is 4.90 Å².